The summed E-state index contributed by atoms with van der Waals surface area (Å²) in [5.41, 5.74) is 0. The maximum Gasteiger partial charge on any atom is 0.0187 e. The van der Waals surface area contributed by atoms with E-state index in [1.807, 2.05) is 0 Å². The number of thioether (sulfide) groups is 1. The Kier molecular flexibility index (Phi) is 6.78. The van der Waals surface area contributed by atoms with Gasteiger partial charge in [0.05, 0.1) is 0 Å². The van der Waals surface area contributed by atoms with Crippen molar-refractivity contribution in [1.82, 2.24) is 10.2 Å². The molecule has 3 atom stereocenters. The predicted molar refractivity (Wildman–Crippen MR) is 75.3 cm³/mol. The van der Waals surface area contributed by atoms with Gasteiger partial charge in [0.25, 0.3) is 0 Å². The maximum absolute atomic E-state index is 3.81. The van der Waals surface area contributed by atoms with Crippen LogP contribution in [-0.2, 0) is 0 Å². The topological polar surface area (TPSA) is 15.3 Å². The molecule has 96 valence electrons. The molecule has 1 fully saturated rings. The van der Waals surface area contributed by atoms with E-state index in [1.165, 1.54) is 25.1 Å². The van der Waals surface area contributed by atoms with E-state index in [4.69, 9.17) is 0 Å². The minimum Gasteiger partial charge on any atom is -0.309 e. The lowest BCUT2D eigenvalue weighted by Crippen LogP contribution is -2.48. The van der Waals surface area contributed by atoms with Gasteiger partial charge in [0.2, 0.25) is 0 Å². The average molecular weight is 244 g/mol. The van der Waals surface area contributed by atoms with Gasteiger partial charge in [0, 0.05) is 23.9 Å². The van der Waals surface area contributed by atoms with Crippen LogP contribution in [0.5, 0.6) is 0 Å². The lowest BCUT2D eigenvalue weighted by atomic mass is 10.1. The molecule has 0 bridgehead atoms. The number of rotatable bonds is 6. The van der Waals surface area contributed by atoms with Crippen LogP contribution in [0, 0.1) is 0 Å². The summed E-state index contributed by atoms with van der Waals surface area (Å²) in [6, 6.07) is 1.34. The molecule has 0 amide bonds. The molecule has 0 spiro atoms. The second kappa shape index (κ2) is 7.57. The first-order chi connectivity index (χ1) is 7.67. The van der Waals surface area contributed by atoms with E-state index < -0.39 is 0 Å². The molecule has 0 aromatic heterocycles. The van der Waals surface area contributed by atoms with Crippen LogP contribution in [0.2, 0.25) is 0 Å². The Morgan fingerprint density at radius 1 is 1.38 bits per heavy atom. The van der Waals surface area contributed by atoms with Gasteiger partial charge in [-0.2, -0.15) is 11.8 Å². The second-order valence-corrected chi connectivity index (χ2v) is 6.36. The molecule has 16 heavy (non-hydrogen) atoms. The first kappa shape index (κ1) is 14.3. The van der Waals surface area contributed by atoms with Gasteiger partial charge in [-0.1, -0.05) is 20.8 Å². The highest BCUT2D eigenvalue weighted by Crippen LogP contribution is 2.25. The monoisotopic (exact) mass is 244 g/mol. The highest BCUT2D eigenvalue weighted by Gasteiger charge is 2.23. The third-order valence-corrected chi connectivity index (χ3v) is 4.91. The summed E-state index contributed by atoms with van der Waals surface area (Å²) in [7, 11) is 0. The normalized spacial score (nSPS) is 28.3. The van der Waals surface area contributed by atoms with Gasteiger partial charge >= 0.3 is 0 Å². The van der Waals surface area contributed by atoms with Crippen LogP contribution >= 0.6 is 11.8 Å². The van der Waals surface area contributed by atoms with Gasteiger partial charge in [0.1, 0.15) is 0 Å². The molecular formula is C13H28N2S. The van der Waals surface area contributed by atoms with Crippen molar-refractivity contribution in [2.45, 2.75) is 57.9 Å². The van der Waals surface area contributed by atoms with E-state index in [-0.39, 0.29) is 0 Å². The summed E-state index contributed by atoms with van der Waals surface area (Å²) in [5, 5.41) is 4.59. The summed E-state index contributed by atoms with van der Waals surface area (Å²) in [4.78, 5) is 2.50. The van der Waals surface area contributed by atoms with Crippen LogP contribution in [0.15, 0.2) is 0 Å². The highest BCUT2D eigenvalue weighted by molar-refractivity contribution is 7.99. The molecule has 1 N–H and O–H groups in total. The van der Waals surface area contributed by atoms with Crippen LogP contribution < -0.4 is 5.32 Å². The molecule has 3 unspecified atom stereocenters. The summed E-state index contributed by atoms with van der Waals surface area (Å²) >= 11 is 2.12. The SMILES string of the molecule is CCN(CC)CC(C)NC1CCCSC1C. The van der Waals surface area contributed by atoms with Crippen molar-refractivity contribution < 1.29 is 0 Å². The van der Waals surface area contributed by atoms with Gasteiger partial charge in [-0.25, -0.2) is 0 Å². The third kappa shape index (κ3) is 4.64. The van der Waals surface area contributed by atoms with Crippen LogP contribution in [0.4, 0.5) is 0 Å². The zero-order valence-electron chi connectivity index (χ0n) is 11.3. The number of likely N-dealkylation sites (N-methyl/N-ethyl adjacent to an activating group) is 1. The quantitative estimate of drug-likeness (QED) is 0.773. The van der Waals surface area contributed by atoms with Crippen molar-refractivity contribution in [2.24, 2.45) is 0 Å². The van der Waals surface area contributed by atoms with E-state index in [0.29, 0.717) is 6.04 Å². The Morgan fingerprint density at radius 3 is 2.62 bits per heavy atom. The Hall–Kier alpha value is 0.270. The van der Waals surface area contributed by atoms with Gasteiger partial charge in [0.15, 0.2) is 0 Å². The number of nitrogens with zero attached hydrogens (tertiary/aromatic N) is 1. The Balaban J connectivity index is 2.29. The zero-order valence-corrected chi connectivity index (χ0v) is 12.1. The fraction of sp³-hybridized carbons (Fsp3) is 1.00. The molecular weight excluding hydrogens is 216 g/mol. The number of nitrogens with one attached hydrogen (secondary N) is 1. The fourth-order valence-electron chi connectivity index (χ4n) is 2.43. The summed E-state index contributed by atoms with van der Waals surface area (Å²) in [5.74, 6) is 1.35. The fourth-order valence-corrected chi connectivity index (χ4v) is 3.58. The summed E-state index contributed by atoms with van der Waals surface area (Å²) < 4.78 is 0. The maximum atomic E-state index is 3.81. The van der Waals surface area contributed by atoms with Gasteiger partial charge in [-0.3, -0.25) is 0 Å². The number of hydrogen-bond donors (Lipinski definition) is 1. The standard InChI is InChI=1S/C13H28N2S/c1-5-15(6-2)10-11(3)14-13-8-7-9-16-12(13)4/h11-14H,5-10H2,1-4H3. The molecule has 0 aliphatic carbocycles. The average Bonchev–Trinajstić information content (AvgIpc) is 2.29. The molecule has 1 saturated heterocycles. The lowest BCUT2D eigenvalue weighted by Gasteiger charge is -2.33. The molecule has 1 rings (SSSR count). The van der Waals surface area contributed by atoms with E-state index in [2.05, 4.69) is 49.7 Å². The van der Waals surface area contributed by atoms with Crippen molar-refractivity contribution in [3.8, 4) is 0 Å². The minimum absolute atomic E-state index is 0.617. The Morgan fingerprint density at radius 2 is 2.06 bits per heavy atom. The predicted octanol–water partition coefficient (Wildman–Crippen LogP) is 2.59. The molecule has 1 aliphatic heterocycles. The van der Waals surface area contributed by atoms with Gasteiger partial charge < -0.3 is 10.2 Å². The molecule has 0 saturated carbocycles. The Labute approximate surface area is 106 Å². The largest absolute Gasteiger partial charge is 0.309 e. The van der Waals surface area contributed by atoms with Crippen LogP contribution in [0.25, 0.3) is 0 Å². The molecule has 2 nitrogen and oxygen atoms in total. The van der Waals surface area contributed by atoms with Crippen molar-refractivity contribution >= 4 is 11.8 Å². The van der Waals surface area contributed by atoms with E-state index in [1.54, 1.807) is 0 Å². The van der Waals surface area contributed by atoms with Crippen molar-refractivity contribution in [3.05, 3.63) is 0 Å². The van der Waals surface area contributed by atoms with Crippen LogP contribution in [0.1, 0.15) is 40.5 Å². The first-order valence-electron chi connectivity index (χ1n) is 6.77. The smallest absolute Gasteiger partial charge is 0.0187 e. The summed E-state index contributed by atoms with van der Waals surface area (Å²) in [6.45, 7) is 12.7. The minimum atomic E-state index is 0.617. The molecule has 0 aromatic rings. The molecule has 0 aromatic carbocycles. The first-order valence-corrected chi connectivity index (χ1v) is 7.82. The van der Waals surface area contributed by atoms with Crippen LogP contribution in [-0.4, -0.2) is 47.6 Å². The molecule has 1 heterocycles. The number of hydrogen-bond acceptors (Lipinski definition) is 3. The molecule has 3 heteroatoms. The van der Waals surface area contributed by atoms with Gasteiger partial charge in [-0.05, 0) is 38.6 Å². The molecule has 0 radical (unpaired) electrons. The lowest BCUT2D eigenvalue weighted by molar-refractivity contribution is 0.257. The van der Waals surface area contributed by atoms with Crippen molar-refractivity contribution in [1.29, 1.82) is 0 Å². The summed E-state index contributed by atoms with van der Waals surface area (Å²) in [6.07, 6.45) is 2.74. The van der Waals surface area contributed by atoms with E-state index in [0.717, 1.165) is 24.4 Å². The highest BCUT2D eigenvalue weighted by atomic mass is 32.2. The molecule has 1 aliphatic rings. The zero-order chi connectivity index (χ0) is 12.0. The van der Waals surface area contributed by atoms with E-state index in [9.17, 15) is 0 Å². The second-order valence-electron chi connectivity index (χ2n) is 4.88. The van der Waals surface area contributed by atoms with Crippen LogP contribution in [0.3, 0.4) is 0 Å². The van der Waals surface area contributed by atoms with Gasteiger partial charge in [-0.15, -0.1) is 0 Å². The van der Waals surface area contributed by atoms with E-state index >= 15 is 0 Å². The van der Waals surface area contributed by atoms with Crippen molar-refractivity contribution in [3.63, 3.8) is 0 Å². The van der Waals surface area contributed by atoms with Crippen molar-refractivity contribution in [2.75, 3.05) is 25.4 Å². The Bertz CT molecular complexity index is 183. The third-order valence-electron chi connectivity index (χ3n) is 3.53.